The van der Waals surface area contributed by atoms with Gasteiger partial charge in [-0.05, 0) is 49.5 Å². The molecule has 1 amide bonds. The van der Waals surface area contributed by atoms with Crippen molar-refractivity contribution in [3.05, 3.63) is 28.6 Å². The van der Waals surface area contributed by atoms with E-state index in [9.17, 15) is 4.79 Å². The fourth-order valence-electron chi connectivity index (χ4n) is 3.87. The average molecular weight is 332 g/mol. The third-order valence-corrected chi connectivity index (χ3v) is 6.25. The normalized spacial score (nSPS) is 26.4. The molecule has 5 nitrogen and oxygen atoms in total. The van der Waals surface area contributed by atoms with Gasteiger partial charge in [0.2, 0.25) is 0 Å². The number of methoxy groups -OCH3 is 1. The van der Waals surface area contributed by atoms with E-state index in [0.29, 0.717) is 22.7 Å². The molecule has 0 unspecified atom stereocenters. The van der Waals surface area contributed by atoms with Crippen molar-refractivity contribution in [3.8, 4) is 16.6 Å². The molecule has 23 heavy (non-hydrogen) atoms. The maximum Gasteiger partial charge on any atom is 0.284 e. The Kier molecular flexibility index (Phi) is 3.66. The van der Waals surface area contributed by atoms with E-state index in [0.717, 1.165) is 22.7 Å². The number of piperidine rings is 3. The van der Waals surface area contributed by atoms with E-state index in [-0.39, 0.29) is 5.91 Å². The average Bonchev–Trinajstić information content (AvgIpc) is 3.22. The van der Waals surface area contributed by atoms with E-state index >= 15 is 0 Å². The van der Waals surface area contributed by atoms with Gasteiger partial charge >= 0.3 is 0 Å². The molecule has 6 heteroatoms. The number of hydrogen-bond donors (Lipinski definition) is 1. The summed E-state index contributed by atoms with van der Waals surface area (Å²) in [6.07, 6.45) is 2.42. The number of carbonyl (C=O) groups is 1. The minimum absolute atomic E-state index is 0.341. The number of primary amides is 1. The number of amides is 1. The van der Waals surface area contributed by atoms with E-state index in [1.165, 1.54) is 37.3 Å². The lowest BCUT2D eigenvalue weighted by molar-refractivity contribution is 0.0859. The Morgan fingerprint density at radius 2 is 2.17 bits per heavy atom. The first-order valence-corrected chi connectivity index (χ1v) is 8.77. The zero-order valence-corrected chi connectivity index (χ0v) is 13.9. The first kappa shape index (κ1) is 14.8. The van der Waals surface area contributed by atoms with Crippen LogP contribution in [-0.2, 0) is 0 Å². The summed E-state index contributed by atoms with van der Waals surface area (Å²) in [7, 11) is 1.57. The van der Waals surface area contributed by atoms with Gasteiger partial charge in [0.15, 0.2) is 0 Å². The molecule has 3 fully saturated rings. The molecule has 2 N–H and O–H groups in total. The van der Waals surface area contributed by atoms with E-state index in [4.69, 9.17) is 14.9 Å². The maximum atomic E-state index is 11.9. The molecule has 0 radical (unpaired) electrons. The molecule has 2 aromatic rings. The van der Waals surface area contributed by atoms with Crippen molar-refractivity contribution in [1.82, 2.24) is 4.90 Å². The Balaban J connectivity index is 1.72. The number of carbonyl (C=O) groups excluding carboxylic acids is 1. The molecule has 3 aliphatic heterocycles. The van der Waals surface area contributed by atoms with Crippen molar-refractivity contribution in [2.75, 3.05) is 26.7 Å². The van der Waals surface area contributed by atoms with Crippen LogP contribution >= 0.6 is 11.3 Å². The molecule has 2 bridgehead atoms. The molecule has 0 saturated carbocycles. The minimum Gasteiger partial charge on any atom is -0.468 e. The first-order valence-electron chi connectivity index (χ1n) is 7.96. The van der Waals surface area contributed by atoms with Gasteiger partial charge in [0.1, 0.15) is 5.76 Å². The third-order valence-electron chi connectivity index (χ3n) is 5.07. The number of ether oxygens (including phenoxy) is 1. The van der Waals surface area contributed by atoms with E-state index in [1.807, 2.05) is 6.07 Å². The van der Waals surface area contributed by atoms with Crippen molar-refractivity contribution in [2.24, 2.45) is 11.7 Å². The van der Waals surface area contributed by atoms with Gasteiger partial charge in [0, 0.05) is 18.5 Å². The summed E-state index contributed by atoms with van der Waals surface area (Å²) < 4.78 is 10.7. The van der Waals surface area contributed by atoms with Gasteiger partial charge in [-0.3, -0.25) is 4.79 Å². The van der Waals surface area contributed by atoms with Crippen molar-refractivity contribution in [2.45, 2.75) is 18.8 Å². The Hall–Kier alpha value is -1.79. The zero-order valence-electron chi connectivity index (χ0n) is 13.1. The lowest BCUT2D eigenvalue weighted by Crippen LogP contribution is -2.46. The molecule has 3 saturated heterocycles. The van der Waals surface area contributed by atoms with Crippen LogP contribution in [0.2, 0.25) is 0 Å². The standard InChI is InChI=1S/C17H20N2O3S/c1-21-15-3-2-13(22-15)14-8-11(16(23-14)17(18)20)12-9-19-6-4-10(12)5-7-19/h2-3,8,10,12H,4-7,9H2,1H3,(H2,18,20)/t12-/m1/s1. The van der Waals surface area contributed by atoms with Crippen LogP contribution in [-0.4, -0.2) is 37.6 Å². The second kappa shape index (κ2) is 5.69. The Bertz CT molecular complexity index is 728. The summed E-state index contributed by atoms with van der Waals surface area (Å²) in [6, 6.07) is 5.75. The highest BCUT2D eigenvalue weighted by molar-refractivity contribution is 7.17. The number of hydrogen-bond acceptors (Lipinski definition) is 5. The van der Waals surface area contributed by atoms with Crippen molar-refractivity contribution in [1.29, 1.82) is 0 Å². The van der Waals surface area contributed by atoms with Gasteiger partial charge in [-0.2, -0.15) is 0 Å². The van der Waals surface area contributed by atoms with Crippen molar-refractivity contribution in [3.63, 3.8) is 0 Å². The zero-order chi connectivity index (χ0) is 16.0. The molecule has 0 aliphatic carbocycles. The summed E-state index contributed by atoms with van der Waals surface area (Å²) in [4.78, 5) is 16.0. The molecular formula is C17H20N2O3S. The predicted molar refractivity (Wildman–Crippen MR) is 89.0 cm³/mol. The predicted octanol–water partition coefficient (Wildman–Crippen LogP) is 2.92. The van der Waals surface area contributed by atoms with Crippen LogP contribution in [0.4, 0.5) is 0 Å². The summed E-state index contributed by atoms with van der Waals surface area (Å²) >= 11 is 1.42. The number of fused-ring (bicyclic) bond motifs is 3. The molecule has 2 aromatic heterocycles. The largest absolute Gasteiger partial charge is 0.468 e. The molecule has 5 heterocycles. The van der Waals surface area contributed by atoms with Crippen LogP contribution < -0.4 is 10.5 Å². The fraction of sp³-hybridized carbons (Fsp3) is 0.471. The number of thiophene rings is 1. The van der Waals surface area contributed by atoms with Gasteiger partial charge in [-0.15, -0.1) is 11.3 Å². The Labute approximate surface area is 139 Å². The highest BCUT2D eigenvalue weighted by atomic mass is 32.1. The highest BCUT2D eigenvalue weighted by Gasteiger charge is 2.37. The first-order chi connectivity index (χ1) is 11.2. The molecule has 0 aromatic carbocycles. The summed E-state index contributed by atoms with van der Waals surface area (Å²) in [5.74, 6) is 1.92. The second-order valence-electron chi connectivity index (χ2n) is 6.33. The van der Waals surface area contributed by atoms with Gasteiger partial charge < -0.3 is 19.8 Å². The quantitative estimate of drug-likeness (QED) is 0.935. The number of nitrogens with two attached hydrogens (primary N) is 1. The lowest BCUT2D eigenvalue weighted by atomic mass is 9.75. The van der Waals surface area contributed by atoms with E-state index < -0.39 is 0 Å². The topological polar surface area (TPSA) is 68.7 Å². The highest BCUT2D eigenvalue weighted by Crippen LogP contribution is 2.44. The summed E-state index contributed by atoms with van der Waals surface area (Å²) in [5.41, 5.74) is 6.74. The molecule has 1 atom stereocenters. The Morgan fingerprint density at radius 1 is 1.39 bits per heavy atom. The minimum atomic E-state index is -0.341. The van der Waals surface area contributed by atoms with Gasteiger partial charge in [-0.25, -0.2) is 0 Å². The second-order valence-corrected chi connectivity index (χ2v) is 7.38. The van der Waals surface area contributed by atoms with E-state index in [1.54, 1.807) is 13.2 Å². The van der Waals surface area contributed by atoms with Crippen LogP contribution in [0.25, 0.3) is 10.6 Å². The van der Waals surface area contributed by atoms with E-state index in [2.05, 4.69) is 11.0 Å². The maximum absolute atomic E-state index is 11.9. The molecule has 122 valence electrons. The summed E-state index contributed by atoms with van der Waals surface area (Å²) in [5, 5.41) is 0. The van der Waals surface area contributed by atoms with Gasteiger partial charge in [0.25, 0.3) is 11.9 Å². The van der Waals surface area contributed by atoms with Crippen LogP contribution in [0.1, 0.15) is 34.0 Å². The third kappa shape index (κ3) is 2.56. The molecule has 5 rings (SSSR count). The van der Waals surface area contributed by atoms with Crippen molar-refractivity contribution < 1.29 is 13.9 Å². The van der Waals surface area contributed by atoms with Gasteiger partial charge in [0.05, 0.1) is 16.9 Å². The fourth-order valence-corrected chi connectivity index (χ4v) is 4.92. The number of nitrogens with zero attached hydrogens (tertiary/aromatic N) is 1. The van der Waals surface area contributed by atoms with Gasteiger partial charge in [-0.1, -0.05) is 0 Å². The van der Waals surface area contributed by atoms with Crippen molar-refractivity contribution >= 4 is 17.2 Å². The lowest BCUT2D eigenvalue weighted by Gasteiger charge is -2.45. The number of rotatable bonds is 4. The molecule has 3 aliphatic rings. The van der Waals surface area contributed by atoms with Crippen LogP contribution in [0, 0.1) is 5.92 Å². The van der Waals surface area contributed by atoms with Crippen LogP contribution in [0.3, 0.4) is 0 Å². The summed E-state index contributed by atoms with van der Waals surface area (Å²) in [6.45, 7) is 3.39. The molecule has 0 spiro atoms. The smallest absolute Gasteiger partial charge is 0.284 e. The molecular weight excluding hydrogens is 312 g/mol. The monoisotopic (exact) mass is 332 g/mol. The Morgan fingerprint density at radius 3 is 2.74 bits per heavy atom. The van der Waals surface area contributed by atoms with Crippen LogP contribution in [0.15, 0.2) is 22.6 Å². The number of furan rings is 1. The van der Waals surface area contributed by atoms with Crippen LogP contribution in [0.5, 0.6) is 5.95 Å². The SMILES string of the molecule is COc1ccc(-c2cc([C@@H]3CN4CCC3CC4)c(C(N)=O)s2)o1.